The lowest BCUT2D eigenvalue weighted by molar-refractivity contribution is 0.370. The number of rotatable bonds is 9. The zero-order valence-corrected chi connectivity index (χ0v) is 23.3. The van der Waals surface area contributed by atoms with Crippen LogP contribution in [-0.2, 0) is 16.6 Å². The molecule has 5 rings (SSSR count). The lowest BCUT2D eigenvalue weighted by atomic mass is 10.0. The zero-order chi connectivity index (χ0) is 28.6. The quantitative estimate of drug-likeness (QED) is 0.272. The van der Waals surface area contributed by atoms with Crippen LogP contribution in [0, 0.1) is 11.6 Å². The molecule has 0 aliphatic carbocycles. The van der Waals surface area contributed by atoms with Crippen LogP contribution in [0.3, 0.4) is 0 Å². The third kappa shape index (κ3) is 5.73. The van der Waals surface area contributed by atoms with Gasteiger partial charge in [-0.25, -0.2) is 22.2 Å². The van der Waals surface area contributed by atoms with Gasteiger partial charge in [-0.3, -0.25) is 14.0 Å². The Morgan fingerprint density at radius 1 is 1.00 bits per heavy atom. The Kier molecular flexibility index (Phi) is 7.39. The van der Waals surface area contributed by atoms with Crippen LogP contribution in [0.5, 0.6) is 0 Å². The Morgan fingerprint density at radius 2 is 1.80 bits per heavy atom. The number of anilines is 1. The van der Waals surface area contributed by atoms with Crippen LogP contribution in [0.4, 0.5) is 14.5 Å². The molecule has 0 spiro atoms. The van der Waals surface area contributed by atoms with Crippen LogP contribution < -0.4 is 4.72 Å². The molecule has 2 aromatic heterocycles. The lowest BCUT2D eigenvalue weighted by Gasteiger charge is -2.15. The first kappa shape index (κ1) is 27.4. The van der Waals surface area contributed by atoms with Crippen LogP contribution in [0.2, 0.25) is 0 Å². The second-order valence-corrected chi connectivity index (χ2v) is 12.3. The smallest absolute Gasteiger partial charge is 0.235 e. The topological polar surface area (TPSA) is 97.9 Å². The number of benzene rings is 3. The monoisotopic (exact) mass is 565 g/mol. The van der Waals surface area contributed by atoms with E-state index in [-0.39, 0.29) is 11.3 Å². The molecule has 208 valence electrons. The predicted molar refractivity (Wildman–Crippen MR) is 152 cm³/mol. The molecule has 0 saturated heterocycles. The van der Waals surface area contributed by atoms with Crippen molar-refractivity contribution < 1.29 is 17.2 Å². The summed E-state index contributed by atoms with van der Waals surface area (Å²) in [4.78, 5) is 6.62. The number of hydrogen-bond acceptors (Lipinski definition) is 6. The van der Waals surface area contributed by atoms with E-state index in [2.05, 4.69) is 24.9 Å². The maximum atomic E-state index is 14.7. The van der Waals surface area contributed by atoms with Crippen LogP contribution in [-0.4, -0.2) is 63.8 Å². The van der Waals surface area contributed by atoms with E-state index in [9.17, 15) is 17.2 Å². The number of imidazole rings is 1. The van der Waals surface area contributed by atoms with Crippen LogP contribution in [0.25, 0.3) is 39.1 Å². The second-order valence-electron chi connectivity index (χ2n) is 10.1. The van der Waals surface area contributed by atoms with Gasteiger partial charge in [-0.05, 0) is 76.0 Å². The Bertz CT molecular complexity index is 1800. The minimum atomic E-state index is -3.68. The largest absolute Gasteiger partial charge is 0.308 e. The van der Waals surface area contributed by atoms with E-state index in [4.69, 9.17) is 0 Å². The fourth-order valence-corrected chi connectivity index (χ4v) is 4.87. The van der Waals surface area contributed by atoms with E-state index in [0.29, 0.717) is 23.3 Å². The third-order valence-corrected chi connectivity index (χ3v) is 8.24. The molecule has 0 amide bonds. The van der Waals surface area contributed by atoms with Gasteiger partial charge in [0.1, 0.15) is 23.7 Å². The number of halogens is 2. The van der Waals surface area contributed by atoms with Gasteiger partial charge in [0.05, 0.1) is 34.7 Å². The van der Waals surface area contributed by atoms with Gasteiger partial charge in [0.25, 0.3) is 0 Å². The number of aromatic nitrogens is 5. The van der Waals surface area contributed by atoms with E-state index in [1.54, 1.807) is 41.6 Å². The first-order valence-corrected chi connectivity index (χ1v) is 14.2. The average Bonchev–Trinajstić information content (AvgIpc) is 3.54. The third-order valence-electron chi connectivity index (χ3n) is 6.48. The fraction of sp³-hybridized carbons (Fsp3) is 0.250. The molecular weight excluding hydrogens is 536 g/mol. The number of nitrogens with zero attached hydrogens (tertiary/aromatic N) is 6. The second kappa shape index (κ2) is 10.8. The summed E-state index contributed by atoms with van der Waals surface area (Å²) in [5.74, 6) is -1.46. The van der Waals surface area contributed by atoms with Crippen molar-refractivity contribution in [3.05, 3.63) is 78.8 Å². The number of fused-ring (bicyclic) bond motifs is 1. The van der Waals surface area contributed by atoms with Crippen molar-refractivity contribution in [3.63, 3.8) is 0 Å². The molecule has 0 radical (unpaired) electrons. The maximum absolute atomic E-state index is 14.7. The highest BCUT2D eigenvalue weighted by molar-refractivity contribution is 7.93. The summed E-state index contributed by atoms with van der Waals surface area (Å²) in [6.45, 7) is 4.68. The molecule has 0 atom stereocenters. The fourth-order valence-electron chi connectivity index (χ4n) is 4.19. The molecule has 0 saturated carbocycles. The summed E-state index contributed by atoms with van der Waals surface area (Å²) in [7, 11) is 0.308. The molecule has 3 aromatic carbocycles. The zero-order valence-electron chi connectivity index (χ0n) is 22.5. The van der Waals surface area contributed by atoms with Crippen LogP contribution in [0.1, 0.15) is 13.8 Å². The lowest BCUT2D eigenvalue weighted by Crippen LogP contribution is -2.22. The molecule has 0 aliphatic heterocycles. The van der Waals surface area contributed by atoms with Gasteiger partial charge >= 0.3 is 0 Å². The molecule has 2 heterocycles. The van der Waals surface area contributed by atoms with Gasteiger partial charge in [0, 0.05) is 29.4 Å². The first-order valence-electron chi connectivity index (χ1n) is 12.6. The molecule has 0 aliphatic rings. The van der Waals surface area contributed by atoms with E-state index in [0.717, 1.165) is 35.5 Å². The Hall–Kier alpha value is -4.16. The van der Waals surface area contributed by atoms with Crippen molar-refractivity contribution in [3.8, 4) is 28.1 Å². The Labute approximate surface area is 231 Å². The van der Waals surface area contributed by atoms with Crippen molar-refractivity contribution in [2.45, 2.75) is 25.6 Å². The van der Waals surface area contributed by atoms with Crippen LogP contribution in [0.15, 0.2) is 67.1 Å². The summed E-state index contributed by atoms with van der Waals surface area (Å²) in [6, 6.07) is 13.9. The predicted octanol–water partition coefficient (Wildman–Crippen LogP) is 4.94. The minimum Gasteiger partial charge on any atom is -0.308 e. The van der Waals surface area contributed by atoms with E-state index in [1.807, 2.05) is 38.5 Å². The Balaban J connectivity index is 1.56. The van der Waals surface area contributed by atoms with Gasteiger partial charge in [0.2, 0.25) is 10.0 Å². The van der Waals surface area contributed by atoms with Crippen molar-refractivity contribution in [2.75, 3.05) is 25.4 Å². The van der Waals surface area contributed by atoms with Crippen molar-refractivity contribution >= 4 is 26.7 Å². The summed E-state index contributed by atoms with van der Waals surface area (Å²) in [6.07, 6.45) is 3.50. The van der Waals surface area contributed by atoms with Crippen LogP contribution >= 0.6 is 0 Å². The highest BCUT2D eigenvalue weighted by Crippen LogP contribution is 2.32. The van der Waals surface area contributed by atoms with Crippen molar-refractivity contribution in [1.29, 1.82) is 0 Å². The molecule has 0 bridgehead atoms. The van der Waals surface area contributed by atoms with E-state index < -0.39 is 26.9 Å². The van der Waals surface area contributed by atoms with Crippen molar-refractivity contribution in [1.82, 2.24) is 29.4 Å². The highest BCUT2D eigenvalue weighted by atomic mass is 32.2. The van der Waals surface area contributed by atoms with Gasteiger partial charge in [-0.2, -0.15) is 0 Å². The molecule has 0 unspecified atom stereocenters. The molecule has 5 aromatic rings. The average molecular weight is 566 g/mol. The minimum absolute atomic E-state index is 0.136. The molecule has 1 N–H and O–H groups in total. The number of hydrogen-bond donors (Lipinski definition) is 1. The normalized spacial score (nSPS) is 12.1. The number of sulfonamides is 1. The van der Waals surface area contributed by atoms with E-state index >= 15 is 0 Å². The van der Waals surface area contributed by atoms with Crippen molar-refractivity contribution in [2.24, 2.45) is 0 Å². The summed E-state index contributed by atoms with van der Waals surface area (Å²) in [5, 5.41) is 7.81. The Morgan fingerprint density at radius 3 is 2.52 bits per heavy atom. The van der Waals surface area contributed by atoms with Gasteiger partial charge < -0.3 is 4.90 Å². The molecule has 40 heavy (non-hydrogen) atoms. The first-order chi connectivity index (χ1) is 19.0. The summed E-state index contributed by atoms with van der Waals surface area (Å²) in [5.41, 5.74) is 4.31. The number of likely N-dealkylation sites (N-methyl/N-ethyl adjacent to an activating group) is 1. The molecule has 9 nitrogen and oxygen atoms in total. The molecular formula is C28H29F2N7O2S. The summed E-state index contributed by atoms with van der Waals surface area (Å²) < 4.78 is 59.8. The highest BCUT2D eigenvalue weighted by Gasteiger charge is 2.18. The SMILES string of the molecule is CC(C)S(=O)(=O)Nc1cc(-c2ccc(F)cc2F)cc(-n2cnc3cc(-c4cn(CCN(C)C)nn4)ccc32)c1. The molecule has 0 fully saturated rings. The summed E-state index contributed by atoms with van der Waals surface area (Å²) >= 11 is 0. The standard InChI is InChI=1S/C28H29F2N7O2S/c1-18(2)40(38,39)33-22-11-20(24-7-6-21(29)14-25(24)30)12-23(15-22)37-17-31-26-13-19(5-8-28(26)37)27-16-36(34-32-27)10-9-35(3)4/h5-8,11-18,33H,9-10H2,1-4H3. The maximum Gasteiger partial charge on any atom is 0.235 e. The van der Waals surface area contributed by atoms with E-state index in [1.165, 1.54) is 12.1 Å². The number of nitrogens with one attached hydrogen (secondary N) is 1. The van der Waals surface area contributed by atoms with Gasteiger partial charge in [-0.15, -0.1) is 5.10 Å². The molecule has 12 heteroatoms. The van der Waals surface area contributed by atoms with Gasteiger partial charge in [-0.1, -0.05) is 11.3 Å². The van der Waals surface area contributed by atoms with Gasteiger partial charge in [0.15, 0.2) is 0 Å².